The molecule has 0 aliphatic heterocycles. The molecule has 17 heavy (non-hydrogen) atoms. The van der Waals surface area contributed by atoms with Crippen molar-refractivity contribution in [2.45, 2.75) is 6.54 Å². The first-order chi connectivity index (χ1) is 8.19. The molecule has 7 heteroatoms. The third kappa shape index (κ3) is 3.21. The van der Waals surface area contributed by atoms with Crippen LogP contribution in [0, 0.1) is 5.82 Å². The minimum absolute atomic E-state index is 0.131. The van der Waals surface area contributed by atoms with Crippen LogP contribution in [-0.4, -0.2) is 17.2 Å². The van der Waals surface area contributed by atoms with E-state index >= 15 is 0 Å². The average molecular weight is 318 g/mol. The van der Waals surface area contributed by atoms with Gasteiger partial charge in [0.1, 0.15) is 5.01 Å². The normalized spacial score (nSPS) is 10.5. The van der Waals surface area contributed by atoms with Crippen LogP contribution in [0.3, 0.4) is 0 Å². The van der Waals surface area contributed by atoms with Crippen LogP contribution in [0.4, 0.5) is 4.39 Å². The van der Waals surface area contributed by atoms with Crippen molar-refractivity contribution in [1.29, 1.82) is 0 Å². The minimum Gasteiger partial charge on any atom is -0.427 e. The Morgan fingerprint density at radius 2 is 2.29 bits per heavy atom. The van der Waals surface area contributed by atoms with Crippen molar-refractivity contribution >= 4 is 27.3 Å². The first-order valence-electron chi connectivity index (χ1n) is 4.79. The maximum Gasteiger partial charge on any atom is 0.299 e. The van der Waals surface area contributed by atoms with Gasteiger partial charge in [0.2, 0.25) is 0 Å². The van der Waals surface area contributed by atoms with Crippen LogP contribution in [0.2, 0.25) is 0 Å². The summed E-state index contributed by atoms with van der Waals surface area (Å²) in [4.78, 5) is 0. The molecule has 0 unspecified atom stereocenters. The van der Waals surface area contributed by atoms with Crippen LogP contribution in [0.15, 0.2) is 22.7 Å². The minimum atomic E-state index is -0.432. The van der Waals surface area contributed by atoms with Gasteiger partial charge in [0, 0.05) is 11.0 Å². The first-order valence-corrected chi connectivity index (χ1v) is 6.40. The van der Waals surface area contributed by atoms with Crippen LogP contribution in [-0.2, 0) is 6.54 Å². The van der Waals surface area contributed by atoms with E-state index in [0.717, 1.165) is 9.48 Å². The molecular formula is C10H9BrFN3OS. The second kappa shape index (κ2) is 5.52. The Balaban J connectivity index is 2.16. The van der Waals surface area contributed by atoms with Crippen molar-refractivity contribution in [2.24, 2.45) is 0 Å². The largest absolute Gasteiger partial charge is 0.427 e. The lowest BCUT2D eigenvalue weighted by Gasteiger charge is -2.02. The van der Waals surface area contributed by atoms with Gasteiger partial charge in [-0.25, -0.2) is 4.39 Å². The first kappa shape index (κ1) is 12.4. The fraction of sp³-hybridized carbons (Fsp3) is 0.200. The van der Waals surface area contributed by atoms with Gasteiger partial charge in [-0.3, -0.25) is 0 Å². The van der Waals surface area contributed by atoms with E-state index in [2.05, 4.69) is 31.4 Å². The van der Waals surface area contributed by atoms with E-state index in [0.29, 0.717) is 11.7 Å². The Morgan fingerprint density at radius 3 is 3.06 bits per heavy atom. The average Bonchev–Trinajstić information content (AvgIpc) is 2.72. The Kier molecular flexibility index (Phi) is 4.03. The van der Waals surface area contributed by atoms with Crippen LogP contribution in [0.5, 0.6) is 10.9 Å². The number of rotatable bonds is 4. The highest BCUT2D eigenvalue weighted by atomic mass is 79.9. The van der Waals surface area contributed by atoms with E-state index in [1.165, 1.54) is 17.4 Å². The molecule has 0 saturated heterocycles. The number of hydrogen-bond donors (Lipinski definition) is 1. The molecule has 0 amide bonds. The second-order valence-electron chi connectivity index (χ2n) is 3.17. The van der Waals surface area contributed by atoms with Gasteiger partial charge in [-0.05, 0) is 25.2 Å². The van der Waals surface area contributed by atoms with Crippen molar-refractivity contribution in [2.75, 3.05) is 7.05 Å². The Bertz CT molecular complexity index is 520. The molecule has 1 heterocycles. The molecule has 1 aromatic heterocycles. The van der Waals surface area contributed by atoms with Crippen LogP contribution in [0.1, 0.15) is 5.01 Å². The zero-order valence-corrected chi connectivity index (χ0v) is 11.3. The van der Waals surface area contributed by atoms with E-state index < -0.39 is 5.82 Å². The summed E-state index contributed by atoms with van der Waals surface area (Å²) in [5.41, 5.74) is 0. The molecule has 0 fully saturated rings. The Hall–Kier alpha value is -1.05. The molecule has 0 radical (unpaired) electrons. The highest BCUT2D eigenvalue weighted by molar-refractivity contribution is 9.10. The third-order valence-electron chi connectivity index (χ3n) is 1.87. The standard InChI is InChI=1S/C10H9BrFN3OS/c1-13-5-9-14-15-10(17-9)16-8-4-6(11)2-3-7(8)12/h2-4,13H,5H2,1H3. The highest BCUT2D eigenvalue weighted by Gasteiger charge is 2.09. The zero-order valence-electron chi connectivity index (χ0n) is 8.91. The zero-order chi connectivity index (χ0) is 12.3. The molecule has 0 bridgehead atoms. The van der Waals surface area contributed by atoms with Crippen LogP contribution < -0.4 is 10.1 Å². The van der Waals surface area contributed by atoms with Gasteiger partial charge in [0.05, 0.1) is 0 Å². The maximum absolute atomic E-state index is 13.4. The van der Waals surface area contributed by atoms with Crippen molar-refractivity contribution < 1.29 is 9.13 Å². The monoisotopic (exact) mass is 317 g/mol. The lowest BCUT2D eigenvalue weighted by molar-refractivity contribution is 0.435. The molecule has 0 atom stereocenters. The Morgan fingerprint density at radius 1 is 1.47 bits per heavy atom. The van der Waals surface area contributed by atoms with Gasteiger partial charge < -0.3 is 10.1 Å². The lowest BCUT2D eigenvalue weighted by atomic mass is 10.3. The summed E-state index contributed by atoms with van der Waals surface area (Å²) in [7, 11) is 1.82. The van der Waals surface area contributed by atoms with E-state index in [4.69, 9.17) is 4.74 Å². The SMILES string of the molecule is CNCc1nnc(Oc2cc(Br)ccc2F)s1. The van der Waals surface area contributed by atoms with Gasteiger partial charge in [-0.15, -0.1) is 5.10 Å². The van der Waals surface area contributed by atoms with Crippen molar-refractivity contribution in [3.8, 4) is 10.9 Å². The van der Waals surface area contributed by atoms with E-state index in [9.17, 15) is 4.39 Å². The number of nitrogens with zero attached hydrogens (tertiary/aromatic N) is 2. The number of nitrogens with one attached hydrogen (secondary N) is 1. The topological polar surface area (TPSA) is 47.0 Å². The summed E-state index contributed by atoms with van der Waals surface area (Å²) in [5, 5.41) is 11.8. The van der Waals surface area contributed by atoms with E-state index in [1.807, 2.05) is 7.05 Å². The molecule has 0 aliphatic carbocycles. The summed E-state index contributed by atoms with van der Waals surface area (Å²) in [6.07, 6.45) is 0. The van der Waals surface area contributed by atoms with Crippen molar-refractivity contribution in [3.05, 3.63) is 33.5 Å². The number of halogens is 2. The third-order valence-corrected chi connectivity index (χ3v) is 3.16. The molecular weight excluding hydrogens is 309 g/mol. The summed E-state index contributed by atoms with van der Waals surface area (Å²) < 4.78 is 19.5. The molecule has 2 rings (SSSR count). The summed E-state index contributed by atoms with van der Waals surface area (Å²) in [6.45, 7) is 0.613. The van der Waals surface area contributed by atoms with Gasteiger partial charge >= 0.3 is 0 Å². The van der Waals surface area contributed by atoms with Crippen molar-refractivity contribution in [3.63, 3.8) is 0 Å². The summed E-state index contributed by atoms with van der Waals surface area (Å²) >= 11 is 4.53. The van der Waals surface area contributed by atoms with E-state index in [-0.39, 0.29) is 5.75 Å². The molecule has 90 valence electrons. The van der Waals surface area contributed by atoms with Gasteiger partial charge in [0.15, 0.2) is 11.6 Å². The maximum atomic E-state index is 13.4. The quantitative estimate of drug-likeness (QED) is 0.941. The predicted molar refractivity (Wildman–Crippen MR) is 66.8 cm³/mol. The molecule has 0 aliphatic rings. The van der Waals surface area contributed by atoms with Gasteiger partial charge in [0.25, 0.3) is 5.19 Å². The smallest absolute Gasteiger partial charge is 0.299 e. The second-order valence-corrected chi connectivity index (χ2v) is 5.11. The predicted octanol–water partition coefficient (Wildman–Crippen LogP) is 2.95. The van der Waals surface area contributed by atoms with Crippen LogP contribution in [0.25, 0.3) is 0 Å². The molecule has 1 aromatic carbocycles. The van der Waals surface area contributed by atoms with E-state index in [1.54, 1.807) is 12.1 Å². The lowest BCUT2D eigenvalue weighted by Crippen LogP contribution is -2.04. The number of aromatic nitrogens is 2. The van der Waals surface area contributed by atoms with Crippen molar-refractivity contribution in [1.82, 2.24) is 15.5 Å². The number of benzene rings is 1. The fourth-order valence-electron chi connectivity index (χ4n) is 1.15. The number of hydrogen-bond acceptors (Lipinski definition) is 5. The van der Waals surface area contributed by atoms with Gasteiger partial charge in [-0.1, -0.05) is 32.4 Å². The highest BCUT2D eigenvalue weighted by Crippen LogP contribution is 2.29. The van der Waals surface area contributed by atoms with Gasteiger partial charge in [-0.2, -0.15) is 0 Å². The van der Waals surface area contributed by atoms with Crippen LogP contribution >= 0.6 is 27.3 Å². The fourth-order valence-corrected chi connectivity index (χ4v) is 2.20. The Labute approximate surface area is 110 Å². The molecule has 4 nitrogen and oxygen atoms in total. The molecule has 0 spiro atoms. The summed E-state index contributed by atoms with van der Waals surface area (Å²) in [5.74, 6) is -0.301. The number of ether oxygens (including phenoxy) is 1. The molecule has 0 saturated carbocycles. The molecule has 1 N–H and O–H groups in total. The summed E-state index contributed by atoms with van der Waals surface area (Å²) in [6, 6.07) is 4.48. The molecule has 2 aromatic rings.